The van der Waals surface area contributed by atoms with Crippen LogP contribution in [-0.2, 0) is 5.54 Å². The zero-order valence-electron chi connectivity index (χ0n) is 8.52. The monoisotopic (exact) mass is 346 g/mol. The Bertz CT molecular complexity index is 239. The summed E-state index contributed by atoms with van der Waals surface area (Å²) in [5.41, 5.74) is 1.41. The van der Waals surface area contributed by atoms with Crippen LogP contribution in [0.25, 0.3) is 0 Å². The summed E-state index contributed by atoms with van der Waals surface area (Å²) in [7, 11) is 11.7. The van der Waals surface area contributed by atoms with Crippen molar-refractivity contribution in [3.8, 4) is 0 Å². The molecular formula is C10H15Cl2IN-. The molecule has 0 aliphatic carbocycles. The second-order valence-corrected chi connectivity index (χ2v) is 6.50. The van der Waals surface area contributed by atoms with E-state index in [0.717, 1.165) is 0 Å². The SMILES string of the molecule is CNC(C)(C)c1ccccc1.Cl[I-]Cl. The van der Waals surface area contributed by atoms with Gasteiger partial charge in [-0.05, 0) is 26.5 Å². The summed E-state index contributed by atoms with van der Waals surface area (Å²) in [6.07, 6.45) is 0. The fourth-order valence-corrected chi connectivity index (χ4v) is 0.999. The molecule has 0 amide bonds. The molecule has 1 nitrogen and oxygen atoms in total. The van der Waals surface area contributed by atoms with E-state index in [1.54, 1.807) is 0 Å². The van der Waals surface area contributed by atoms with E-state index < -0.39 is 18.9 Å². The molecule has 82 valence electrons. The molecule has 4 heteroatoms. The van der Waals surface area contributed by atoms with Crippen LogP contribution in [0.15, 0.2) is 30.3 Å². The van der Waals surface area contributed by atoms with Crippen molar-refractivity contribution < 1.29 is 18.9 Å². The van der Waals surface area contributed by atoms with E-state index >= 15 is 0 Å². The Hall–Kier alpha value is 0.490. The third-order valence-electron chi connectivity index (χ3n) is 2.12. The minimum absolute atomic E-state index is 0.0846. The summed E-state index contributed by atoms with van der Waals surface area (Å²) in [6.45, 7) is 4.34. The molecule has 0 saturated heterocycles. The maximum absolute atomic E-state index is 4.87. The van der Waals surface area contributed by atoms with Gasteiger partial charge in [-0.1, -0.05) is 30.3 Å². The fraction of sp³-hybridized carbons (Fsp3) is 0.400. The molecule has 0 spiro atoms. The van der Waals surface area contributed by atoms with Gasteiger partial charge in [0.1, 0.15) is 0 Å². The van der Waals surface area contributed by atoms with E-state index in [-0.39, 0.29) is 5.54 Å². The number of nitrogens with one attached hydrogen (secondary N) is 1. The molecule has 1 rings (SSSR count). The molecule has 0 atom stereocenters. The first kappa shape index (κ1) is 14.5. The quantitative estimate of drug-likeness (QED) is 0.770. The van der Waals surface area contributed by atoms with E-state index in [1.165, 1.54) is 5.56 Å². The van der Waals surface area contributed by atoms with Gasteiger partial charge in [0.05, 0.1) is 0 Å². The first-order valence-electron chi connectivity index (χ1n) is 4.20. The van der Waals surface area contributed by atoms with Gasteiger partial charge in [0, 0.05) is 5.54 Å². The van der Waals surface area contributed by atoms with Crippen LogP contribution < -0.4 is 24.3 Å². The molecule has 0 saturated carbocycles. The first-order chi connectivity index (χ1) is 6.58. The van der Waals surface area contributed by atoms with Gasteiger partial charge in [-0.2, -0.15) is 0 Å². The van der Waals surface area contributed by atoms with Gasteiger partial charge < -0.3 is 5.32 Å². The Labute approximate surface area is 104 Å². The average molecular weight is 347 g/mol. The molecule has 0 heterocycles. The van der Waals surface area contributed by atoms with Gasteiger partial charge >= 0.3 is 36.8 Å². The summed E-state index contributed by atoms with van der Waals surface area (Å²) < 4.78 is 0. The third kappa shape index (κ3) is 5.39. The zero-order valence-corrected chi connectivity index (χ0v) is 12.2. The fourth-order valence-electron chi connectivity index (χ4n) is 0.999. The van der Waals surface area contributed by atoms with Crippen molar-refractivity contribution in [2.45, 2.75) is 19.4 Å². The predicted octanol–water partition coefficient (Wildman–Crippen LogP) is 0.524. The summed E-state index contributed by atoms with van der Waals surface area (Å²) in [5.74, 6) is 0. The van der Waals surface area contributed by atoms with Crippen LogP contribution in [0.1, 0.15) is 19.4 Å². The summed E-state index contributed by atoms with van der Waals surface area (Å²) in [6, 6.07) is 10.4. The molecule has 1 aromatic carbocycles. The normalized spacial score (nSPS) is 10.6. The molecular weight excluding hydrogens is 332 g/mol. The molecule has 0 unspecified atom stereocenters. The molecule has 0 bridgehead atoms. The summed E-state index contributed by atoms with van der Waals surface area (Å²) >= 11 is -0.466. The third-order valence-corrected chi connectivity index (χ3v) is 2.12. The number of rotatable bonds is 2. The summed E-state index contributed by atoms with van der Waals surface area (Å²) in [5, 5.41) is 3.26. The Kier molecular flexibility index (Phi) is 8.01. The molecule has 0 aliphatic rings. The Balaban J connectivity index is 0.000000500. The predicted molar refractivity (Wildman–Crippen MR) is 60.2 cm³/mol. The van der Waals surface area contributed by atoms with Gasteiger partial charge in [-0.15, -0.1) is 0 Å². The van der Waals surface area contributed by atoms with Crippen LogP contribution in [0.3, 0.4) is 0 Å². The van der Waals surface area contributed by atoms with Crippen molar-refractivity contribution in [2.75, 3.05) is 7.05 Å². The second-order valence-electron chi connectivity index (χ2n) is 3.30. The van der Waals surface area contributed by atoms with Gasteiger partial charge in [0.15, 0.2) is 0 Å². The average Bonchev–Trinajstić information content (AvgIpc) is 2.20. The van der Waals surface area contributed by atoms with E-state index in [4.69, 9.17) is 17.8 Å². The maximum atomic E-state index is 4.87. The minimum atomic E-state index is -0.466. The summed E-state index contributed by atoms with van der Waals surface area (Å²) in [4.78, 5) is 0. The molecule has 0 radical (unpaired) electrons. The number of hydrogen-bond donors (Lipinski definition) is 1. The molecule has 0 aromatic heterocycles. The van der Waals surface area contributed by atoms with E-state index in [1.807, 2.05) is 13.1 Å². The van der Waals surface area contributed by atoms with Crippen molar-refractivity contribution in [2.24, 2.45) is 0 Å². The van der Waals surface area contributed by atoms with Gasteiger partial charge in [-0.3, -0.25) is 0 Å². The topological polar surface area (TPSA) is 12.0 Å². The first-order valence-corrected chi connectivity index (χ1v) is 9.66. The van der Waals surface area contributed by atoms with Crippen molar-refractivity contribution in [1.29, 1.82) is 0 Å². The van der Waals surface area contributed by atoms with E-state index in [0.29, 0.717) is 0 Å². The van der Waals surface area contributed by atoms with E-state index in [9.17, 15) is 0 Å². The van der Waals surface area contributed by atoms with Crippen molar-refractivity contribution >= 4 is 17.8 Å². The molecule has 1 N–H and O–H groups in total. The Morgan fingerprint density at radius 3 is 1.93 bits per heavy atom. The Morgan fingerprint density at radius 2 is 1.57 bits per heavy atom. The second kappa shape index (κ2) is 7.74. The van der Waals surface area contributed by atoms with Gasteiger partial charge in [-0.25, -0.2) is 0 Å². The van der Waals surface area contributed by atoms with Crippen LogP contribution in [0.5, 0.6) is 0 Å². The van der Waals surface area contributed by atoms with Crippen molar-refractivity contribution in [3.05, 3.63) is 35.9 Å². The van der Waals surface area contributed by atoms with Gasteiger partial charge in [0.2, 0.25) is 0 Å². The molecule has 1 aromatic rings. The standard InChI is InChI=1S/C10H15N.Cl2I/c1-10(2,11-3)9-7-5-4-6-8-9;1-3-2/h4-8,11H,1-3H3;/q;-1. The van der Waals surface area contributed by atoms with Crippen LogP contribution in [0.4, 0.5) is 0 Å². The molecule has 0 aliphatic heterocycles. The van der Waals surface area contributed by atoms with Crippen LogP contribution in [-0.4, -0.2) is 7.05 Å². The number of hydrogen-bond acceptors (Lipinski definition) is 1. The molecule has 0 fully saturated rings. The van der Waals surface area contributed by atoms with E-state index in [2.05, 4.69) is 43.4 Å². The van der Waals surface area contributed by atoms with Crippen molar-refractivity contribution in [3.63, 3.8) is 0 Å². The van der Waals surface area contributed by atoms with Gasteiger partial charge in [0.25, 0.3) is 0 Å². The Morgan fingerprint density at radius 1 is 1.14 bits per heavy atom. The van der Waals surface area contributed by atoms with Crippen LogP contribution >= 0.6 is 17.8 Å². The molecule has 14 heavy (non-hydrogen) atoms. The number of halogens is 3. The van der Waals surface area contributed by atoms with Crippen LogP contribution in [0.2, 0.25) is 0 Å². The van der Waals surface area contributed by atoms with Crippen LogP contribution in [0, 0.1) is 0 Å². The van der Waals surface area contributed by atoms with Crippen molar-refractivity contribution in [1.82, 2.24) is 5.32 Å². The zero-order chi connectivity index (χ0) is 11.0. The number of benzene rings is 1.